The quantitative estimate of drug-likeness (QED) is 0.862. The lowest BCUT2D eigenvalue weighted by atomic mass is 10.00. The van der Waals surface area contributed by atoms with Crippen molar-refractivity contribution in [1.29, 1.82) is 0 Å². The van der Waals surface area contributed by atoms with Crippen LogP contribution in [-0.4, -0.2) is 42.6 Å². The van der Waals surface area contributed by atoms with Crippen molar-refractivity contribution in [2.24, 2.45) is 0 Å². The summed E-state index contributed by atoms with van der Waals surface area (Å²) in [6, 6.07) is -0.126. The first-order valence-corrected chi connectivity index (χ1v) is 7.72. The van der Waals surface area contributed by atoms with E-state index < -0.39 is 0 Å². The van der Waals surface area contributed by atoms with Gasteiger partial charge in [0.15, 0.2) is 0 Å². The summed E-state index contributed by atoms with van der Waals surface area (Å²) in [4.78, 5) is 23.1. The lowest BCUT2D eigenvalue weighted by Crippen LogP contribution is -2.49. The van der Waals surface area contributed by atoms with Crippen molar-refractivity contribution >= 4 is 17.5 Å². The van der Waals surface area contributed by atoms with Crippen LogP contribution in [0.2, 0.25) is 0 Å². The highest BCUT2D eigenvalue weighted by molar-refractivity contribution is 5.85. The molecule has 0 aliphatic carbocycles. The van der Waals surface area contributed by atoms with E-state index in [2.05, 4.69) is 32.4 Å². The van der Waals surface area contributed by atoms with Crippen LogP contribution in [0.5, 0.6) is 0 Å². The molecule has 116 valence electrons. The fourth-order valence-electron chi connectivity index (χ4n) is 2.97. The molecule has 1 amide bonds. The van der Waals surface area contributed by atoms with Gasteiger partial charge in [-0.1, -0.05) is 13.3 Å². The van der Waals surface area contributed by atoms with Crippen LogP contribution in [0.25, 0.3) is 0 Å². The number of carbonyl (C=O) groups excluding carboxylic acids is 1. The van der Waals surface area contributed by atoms with Crippen LogP contribution in [0.1, 0.15) is 38.2 Å². The van der Waals surface area contributed by atoms with Gasteiger partial charge in [0.05, 0.1) is 0 Å². The zero-order chi connectivity index (χ0) is 15.2. The van der Waals surface area contributed by atoms with E-state index in [9.17, 15) is 4.79 Å². The maximum absolute atomic E-state index is 12.2. The lowest BCUT2D eigenvalue weighted by Gasteiger charge is -2.36. The maximum Gasteiger partial charge on any atom is 0.242 e. The Hall–Kier alpha value is -1.85. The molecule has 0 radical (unpaired) electrons. The SMILES string of the molecule is CCCc1c(NC)ncnc1N1CCCCC1C(=O)NC. The van der Waals surface area contributed by atoms with E-state index in [-0.39, 0.29) is 11.9 Å². The van der Waals surface area contributed by atoms with Gasteiger partial charge in [0.1, 0.15) is 24.0 Å². The molecular weight excluding hydrogens is 266 g/mol. The van der Waals surface area contributed by atoms with Gasteiger partial charge in [0.2, 0.25) is 5.91 Å². The standard InChI is InChI=1S/C15H25N5O/c1-4-7-11-13(16-2)18-10-19-14(11)20-9-6-5-8-12(20)15(21)17-3/h10,12H,4-9H2,1-3H3,(H,17,21)(H,16,18,19). The van der Waals surface area contributed by atoms with E-state index in [0.29, 0.717) is 0 Å². The van der Waals surface area contributed by atoms with Gasteiger partial charge < -0.3 is 15.5 Å². The number of carbonyl (C=O) groups is 1. The van der Waals surface area contributed by atoms with Crippen molar-refractivity contribution < 1.29 is 4.79 Å². The smallest absolute Gasteiger partial charge is 0.242 e. The molecule has 1 unspecified atom stereocenters. The minimum Gasteiger partial charge on any atom is -0.373 e. The minimum atomic E-state index is -0.126. The summed E-state index contributed by atoms with van der Waals surface area (Å²) in [6.45, 7) is 3.01. The van der Waals surface area contributed by atoms with E-state index in [1.807, 2.05) is 7.05 Å². The van der Waals surface area contributed by atoms with Gasteiger partial charge in [0, 0.05) is 26.2 Å². The van der Waals surface area contributed by atoms with Crippen molar-refractivity contribution in [3.8, 4) is 0 Å². The molecule has 1 fully saturated rings. The molecular formula is C15H25N5O. The number of piperidine rings is 1. The summed E-state index contributed by atoms with van der Waals surface area (Å²) >= 11 is 0. The van der Waals surface area contributed by atoms with E-state index in [1.54, 1.807) is 13.4 Å². The molecule has 21 heavy (non-hydrogen) atoms. The van der Waals surface area contributed by atoms with Gasteiger partial charge in [-0.2, -0.15) is 0 Å². The van der Waals surface area contributed by atoms with Crippen LogP contribution in [0, 0.1) is 0 Å². The molecule has 1 saturated heterocycles. The molecule has 0 spiro atoms. The molecule has 0 bridgehead atoms. The van der Waals surface area contributed by atoms with Crippen molar-refractivity contribution in [2.45, 2.75) is 45.1 Å². The van der Waals surface area contributed by atoms with Crippen LogP contribution in [0.4, 0.5) is 11.6 Å². The fourth-order valence-corrected chi connectivity index (χ4v) is 2.97. The van der Waals surface area contributed by atoms with Crippen LogP contribution in [0.3, 0.4) is 0 Å². The normalized spacial score (nSPS) is 18.4. The van der Waals surface area contributed by atoms with Crippen LogP contribution in [-0.2, 0) is 11.2 Å². The summed E-state index contributed by atoms with van der Waals surface area (Å²) in [5, 5.41) is 5.91. The maximum atomic E-state index is 12.2. The number of nitrogens with one attached hydrogen (secondary N) is 2. The molecule has 1 atom stereocenters. The summed E-state index contributed by atoms with van der Waals surface area (Å²) in [5.41, 5.74) is 1.11. The van der Waals surface area contributed by atoms with Gasteiger partial charge in [-0.15, -0.1) is 0 Å². The van der Waals surface area contributed by atoms with Gasteiger partial charge in [-0.3, -0.25) is 4.79 Å². The van der Waals surface area contributed by atoms with Gasteiger partial charge in [-0.25, -0.2) is 9.97 Å². The van der Waals surface area contributed by atoms with Crippen molar-refractivity contribution in [2.75, 3.05) is 30.9 Å². The Labute approximate surface area is 126 Å². The third-order valence-corrected chi connectivity index (χ3v) is 3.98. The number of likely N-dealkylation sites (N-methyl/N-ethyl adjacent to an activating group) is 1. The summed E-state index contributed by atoms with van der Waals surface area (Å²) in [5.74, 6) is 1.84. The summed E-state index contributed by atoms with van der Waals surface area (Å²) in [6.07, 6.45) is 6.57. The molecule has 2 N–H and O–H groups in total. The third-order valence-electron chi connectivity index (χ3n) is 3.98. The number of rotatable bonds is 5. The highest BCUT2D eigenvalue weighted by Gasteiger charge is 2.30. The van der Waals surface area contributed by atoms with Crippen molar-refractivity contribution in [3.05, 3.63) is 11.9 Å². The predicted octanol–water partition coefficient (Wildman–Crippen LogP) is 1.58. The van der Waals surface area contributed by atoms with E-state index in [0.717, 1.165) is 55.8 Å². The van der Waals surface area contributed by atoms with Crippen molar-refractivity contribution in [1.82, 2.24) is 15.3 Å². The molecule has 0 saturated carbocycles. The molecule has 2 heterocycles. The molecule has 0 aromatic carbocycles. The van der Waals surface area contributed by atoms with Crippen LogP contribution < -0.4 is 15.5 Å². The zero-order valence-corrected chi connectivity index (χ0v) is 13.1. The highest BCUT2D eigenvalue weighted by Crippen LogP contribution is 2.30. The van der Waals surface area contributed by atoms with Gasteiger partial charge in [0.25, 0.3) is 0 Å². The Morgan fingerprint density at radius 3 is 2.86 bits per heavy atom. The second-order valence-electron chi connectivity index (χ2n) is 5.34. The molecule has 1 aromatic heterocycles. The Kier molecular flexibility index (Phi) is 5.36. The second-order valence-corrected chi connectivity index (χ2v) is 5.34. The molecule has 1 aliphatic rings. The molecule has 1 aliphatic heterocycles. The number of hydrogen-bond acceptors (Lipinski definition) is 5. The number of nitrogens with zero attached hydrogens (tertiary/aromatic N) is 3. The Morgan fingerprint density at radius 2 is 2.19 bits per heavy atom. The minimum absolute atomic E-state index is 0.0711. The molecule has 1 aromatic rings. The predicted molar refractivity (Wildman–Crippen MR) is 84.6 cm³/mol. The first-order chi connectivity index (χ1) is 10.2. The molecule has 2 rings (SSSR count). The number of amides is 1. The number of anilines is 2. The van der Waals surface area contributed by atoms with E-state index >= 15 is 0 Å². The lowest BCUT2D eigenvalue weighted by molar-refractivity contribution is -0.122. The Morgan fingerprint density at radius 1 is 1.38 bits per heavy atom. The Balaban J connectivity index is 2.40. The number of aromatic nitrogens is 2. The fraction of sp³-hybridized carbons (Fsp3) is 0.667. The van der Waals surface area contributed by atoms with Crippen LogP contribution in [0.15, 0.2) is 6.33 Å². The van der Waals surface area contributed by atoms with Gasteiger partial charge >= 0.3 is 0 Å². The van der Waals surface area contributed by atoms with Crippen molar-refractivity contribution in [3.63, 3.8) is 0 Å². The highest BCUT2D eigenvalue weighted by atomic mass is 16.2. The third kappa shape index (κ3) is 3.25. The van der Waals surface area contributed by atoms with Crippen LogP contribution >= 0.6 is 0 Å². The second kappa shape index (κ2) is 7.24. The first-order valence-electron chi connectivity index (χ1n) is 7.72. The summed E-state index contributed by atoms with van der Waals surface area (Å²) in [7, 11) is 3.57. The van der Waals surface area contributed by atoms with E-state index in [4.69, 9.17) is 0 Å². The largest absolute Gasteiger partial charge is 0.373 e. The summed E-state index contributed by atoms with van der Waals surface area (Å²) < 4.78 is 0. The zero-order valence-electron chi connectivity index (χ0n) is 13.1. The Bertz CT molecular complexity index is 491. The average molecular weight is 291 g/mol. The van der Waals surface area contributed by atoms with Gasteiger partial charge in [-0.05, 0) is 25.7 Å². The topological polar surface area (TPSA) is 70.2 Å². The average Bonchev–Trinajstić information content (AvgIpc) is 2.54. The number of hydrogen-bond donors (Lipinski definition) is 2. The monoisotopic (exact) mass is 291 g/mol. The molecule has 6 nitrogen and oxygen atoms in total. The molecule has 6 heteroatoms. The van der Waals surface area contributed by atoms with E-state index in [1.165, 1.54) is 0 Å². The first kappa shape index (κ1) is 15.5.